The Kier molecular flexibility index (Phi) is 5.43. The average Bonchev–Trinajstić information content (AvgIpc) is 3.11. The first-order chi connectivity index (χ1) is 16.0. The molecule has 1 aromatic heterocycles. The van der Waals surface area contributed by atoms with Gasteiger partial charge in [-0.2, -0.15) is 0 Å². The van der Waals surface area contributed by atoms with E-state index in [1.165, 1.54) is 0 Å². The molecule has 33 heavy (non-hydrogen) atoms. The van der Waals surface area contributed by atoms with Gasteiger partial charge in [0.15, 0.2) is 5.43 Å². The number of ether oxygens (including phenoxy) is 1. The Morgan fingerprint density at radius 2 is 1.82 bits per heavy atom. The van der Waals surface area contributed by atoms with Crippen LogP contribution in [0.4, 0.5) is 5.69 Å². The first kappa shape index (κ1) is 21.3. The van der Waals surface area contributed by atoms with Crippen LogP contribution in [-0.2, 0) is 0 Å². The van der Waals surface area contributed by atoms with Gasteiger partial charge in [0.2, 0.25) is 5.76 Å². The van der Waals surface area contributed by atoms with E-state index in [1.54, 1.807) is 23.1 Å². The fourth-order valence-electron chi connectivity index (χ4n) is 4.23. The summed E-state index contributed by atoms with van der Waals surface area (Å²) in [5.41, 5.74) is 2.91. The van der Waals surface area contributed by atoms with E-state index in [1.807, 2.05) is 62.4 Å². The number of halogens is 1. The second-order valence-electron chi connectivity index (χ2n) is 8.15. The molecule has 1 aliphatic heterocycles. The number of anilines is 1. The van der Waals surface area contributed by atoms with Gasteiger partial charge in [-0.3, -0.25) is 14.5 Å². The number of hydrogen-bond acceptors (Lipinski definition) is 4. The van der Waals surface area contributed by atoms with E-state index in [0.717, 1.165) is 17.5 Å². The van der Waals surface area contributed by atoms with Gasteiger partial charge in [-0.15, -0.1) is 0 Å². The lowest BCUT2D eigenvalue weighted by molar-refractivity contribution is 0.0971. The summed E-state index contributed by atoms with van der Waals surface area (Å²) in [6.45, 7) is 4.60. The van der Waals surface area contributed by atoms with E-state index in [2.05, 4.69) is 0 Å². The van der Waals surface area contributed by atoms with Crippen LogP contribution in [0.3, 0.4) is 0 Å². The number of nitrogens with zero attached hydrogens (tertiary/aromatic N) is 1. The van der Waals surface area contributed by atoms with E-state index in [4.69, 9.17) is 20.8 Å². The highest BCUT2D eigenvalue weighted by atomic mass is 35.5. The van der Waals surface area contributed by atoms with Crippen molar-refractivity contribution >= 4 is 34.2 Å². The van der Waals surface area contributed by atoms with Crippen molar-refractivity contribution in [2.45, 2.75) is 26.3 Å². The molecule has 0 bridgehead atoms. The lowest BCUT2D eigenvalue weighted by Crippen LogP contribution is -2.29. The molecule has 0 N–H and O–H groups in total. The number of aryl methyl sites for hydroxylation is 1. The third-order valence-corrected chi connectivity index (χ3v) is 6.03. The topological polar surface area (TPSA) is 59.8 Å². The molecule has 0 radical (unpaired) electrons. The molecule has 0 fully saturated rings. The van der Waals surface area contributed by atoms with Crippen LogP contribution in [0.15, 0.2) is 75.9 Å². The molecule has 0 aliphatic carbocycles. The van der Waals surface area contributed by atoms with Crippen LogP contribution in [-0.4, -0.2) is 12.5 Å². The molecule has 5 nitrogen and oxygen atoms in total. The minimum absolute atomic E-state index is 0.0558. The normalized spacial score (nSPS) is 15.2. The molecule has 1 atom stereocenters. The second-order valence-corrected chi connectivity index (χ2v) is 8.59. The number of hydrogen-bond donors (Lipinski definition) is 0. The molecular weight excluding hydrogens is 438 g/mol. The summed E-state index contributed by atoms with van der Waals surface area (Å²) >= 11 is 6.16. The van der Waals surface area contributed by atoms with Gasteiger partial charge in [-0.25, -0.2) is 0 Å². The van der Waals surface area contributed by atoms with Crippen molar-refractivity contribution in [1.29, 1.82) is 0 Å². The largest absolute Gasteiger partial charge is 0.494 e. The SMILES string of the molecule is CCCOc1cccc(C2c3c(oc4ccc(Cl)cc4c3=O)C(=O)N2c2ccc(C)cc2)c1. The predicted molar refractivity (Wildman–Crippen MR) is 130 cm³/mol. The Morgan fingerprint density at radius 1 is 1.03 bits per heavy atom. The molecule has 2 heterocycles. The van der Waals surface area contributed by atoms with Gasteiger partial charge in [0.25, 0.3) is 5.91 Å². The van der Waals surface area contributed by atoms with E-state index in [9.17, 15) is 9.59 Å². The number of benzene rings is 3. The molecule has 0 spiro atoms. The Labute approximate surface area is 196 Å². The first-order valence-electron chi connectivity index (χ1n) is 10.9. The monoisotopic (exact) mass is 459 g/mol. The van der Waals surface area contributed by atoms with Crippen molar-refractivity contribution in [3.05, 3.63) is 104 Å². The van der Waals surface area contributed by atoms with E-state index in [0.29, 0.717) is 39.6 Å². The smallest absolute Gasteiger partial charge is 0.295 e. The molecule has 3 aromatic carbocycles. The zero-order chi connectivity index (χ0) is 23.1. The van der Waals surface area contributed by atoms with Crippen molar-refractivity contribution in [3.8, 4) is 5.75 Å². The van der Waals surface area contributed by atoms with Crippen LogP contribution in [0.2, 0.25) is 5.02 Å². The number of fused-ring (bicyclic) bond motifs is 2. The van der Waals surface area contributed by atoms with Crippen molar-refractivity contribution in [2.75, 3.05) is 11.5 Å². The number of rotatable bonds is 5. The highest BCUT2D eigenvalue weighted by Gasteiger charge is 2.43. The third kappa shape index (κ3) is 3.68. The molecule has 166 valence electrons. The Balaban J connectivity index is 1.76. The maximum atomic E-state index is 13.7. The predicted octanol–water partition coefficient (Wildman–Crippen LogP) is 6.29. The standard InChI is InChI=1S/C27H22ClNO4/c1-3-13-32-20-6-4-5-17(14-20)24-23-25(30)21-15-18(28)9-12-22(21)33-26(23)27(31)29(24)19-10-7-16(2)8-11-19/h4-12,14-15,24H,3,13H2,1-2H3. The van der Waals surface area contributed by atoms with Crippen LogP contribution in [0, 0.1) is 6.92 Å². The van der Waals surface area contributed by atoms with Gasteiger partial charge in [0.05, 0.1) is 23.6 Å². The van der Waals surface area contributed by atoms with Crippen LogP contribution in [0.5, 0.6) is 5.75 Å². The molecule has 4 aromatic rings. The quantitative estimate of drug-likeness (QED) is 0.351. The zero-order valence-electron chi connectivity index (χ0n) is 18.3. The van der Waals surface area contributed by atoms with Crippen molar-refractivity contribution < 1.29 is 13.9 Å². The van der Waals surface area contributed by atoms with E-state index < -0.39 is 6.04 Å². The van der Waals surface area contributed by atoms with E-state index >= 15 is 0 Å². The average molecular weight is 460 g/mol. The van der Waals surface area contributed by atoms with Gasteiger partial charge in [0, 0.05) is 10.7 Å². The van der Waals surface area contributed by atoms with Crippen LogP contribution >= 0.6 is 11.6 Å². The number of carbonyl (C=O) groups excluding carboxylic acids is 1. The maximum Gasteiger partial charge on any atom is 0.295 e. The molecule has 0 saturated carbocycles. The highest BCUT2D eigenvalue weighted by Crippen LogP contribution is 2.42. The van der Waals surface area contributed by atoms with Gasteiger partial charge >= 0.3 is 0 Å². The van der Waals surface area contributed by atoms with Crippen molar-refractivity contribution in [1.82, 2.24) is 0 Å². The van der Waals surface area contributed by atoms with Crippen LogP contribution in [0.1, 0.15) is 46.6 Å². The van der Waals surface area contributed by atoms with Gasteiger partial charge < -0.3 is 9.15 Å². The van der Waals surface area contributed by atoms with Gasteiger partial charge in [-0.1, -0.05) is 48.4 Å². The fraction of sp³-hybridized carbons (Fsp3) is 0.185. The Hall–Kier alpha value is -3.57. The highest BCUT2D eigenvalue weighted by molar-refractivity contribution is 6.31. The van der Waals surface area contributed by atoms with Crippen LogP contribution < -0.4 is 15.1 Å². The maximum absolute atomic E-state index is 13.7. The fourth-order valence-corrected chi connectivity index (χ4v) is 4.40. The molecular formula is C27H22ClNO4. The Morgan fingerprint density at radius 3 is 2.58 bits per heavy atom. The summed E-state index contributed by atoms with van der Waals surface area (Å²) in [4.78, 5) is 28.9. The molecule has 1 amide bonds. The minimum atomic E-state index is -0.653. The molecule has 1 aliphatic rings. The summed E-state index contributed by atoms with van der Waals surface area (Å²) < 4.78 is 11.8. The molecule has 6 heteroatoms. The van der Waals surface area contributed by atoms with Gasteiger partial charge in [0.1, 0.15) is 11.3 Å². The molecule has 5 rings (SSSR count). The summed E-state index contributed by atoms with van der Waals surface area (Å²) in [6, 6.07) is 19.3. The summed E-state index contributed by atoms with van der Waals surface area (Å²) in [7, 11) is 0. The zero-order valence-corrected chi connectivity index (χ0v) is 19.1. The Bertz CT molecular complexity index is 1420. The summed E-state index contributed by atoms with van der Waals surface area (Å²) in [6.07, 6.45) is 0.876. The second kappa shape index (κ2) is 8.41. The summed E-state index contributed by atoms with van der Waals surface area (Å²) in [5.74, 6) is 0.389. The number of amides is 1. The first-order valence-corrected chi connectivity index (χ1v) is 11.2. The van der Waals surface area contributed by atoms with E-state index in [-0.39, 0.29) is 17.1 Å². The lowest BCUT2D eigenvalue weighted by atomic mass is 9.98. The van der Waals surface area contributed by atoms with Crippen LogP contribution in [0.25, 0.3) is 11.0 Å². The summed E-state index contributed by atoms with van der Waals surface area (Å²) in [5, 5.41) is 0.782. The lowest BCUT2D eigenvalue weighted by Gasteiger charge is -2.25. The minimum Gasteiger partial charge on any atom is -0.494 e. The molecule has 1 unspecified atom stereocenters. The number of carbonyl (C=O) groups is 1. The van der Waals surface area contributed by atoms with Gasteiger partial charge in [-0.05, 0) is 61.4 Å². The third-order valence-electron chi connectivity index (χ3n) is 5.79. The van der Waals surface area contributed by atoms with Crippen molar-refractivity contribution in [2.24, 2.45) is 0 Å². The molecule has 0 saturated heterocycles. The van der Waals surface area contributed by atoms with Crippen molar-refractivity contribution in [3.63, 3.8) is 0 Å².